The maximum absolute atomic E-state index is 13.2. The lowest BCUT2D eigenvalue weighted by molar-refractivity contribution is -0.120. The predicted octanol–water partition coefficient (Wildman–Crippen LogP) is 6.37. The van der Waals surface area contributed by atoms with Crippen molar-refractivity contribution in [1.82, 2.24) is 14.8 Å². The van der Waals surface area contributed by atoms with Crippen LogP contribution in [0.4, 0.5) is 10.5 Å². The van der Waals surface area contributed by atoms with Gasteiger partial charge in [-0.25, -0.2) is 4.79 Å². The summed E-state index contributed by atoms with van der Waals surface area (Å²) < 4.78 is 7.92. The summed E-state index contributed by atoms with van der Waals surface area (Å²) in [4.78, 5) is 28.0. The van der Waals surface area contributed by atoms with Gasteiger partial charge in [0.25, 0.3) is 0 Å². The summed E-state index contributed by atoms with van der Waals surface area (Å²) in [6.07, 6.45) is 10.4. The summed E-state index contributed by atoms with van der Waals surface area (Å²) in [6, 6.07) is 7.29. The second-order valence-corrected chi connectivity index (χ2v) is 12.7. The van der Waals surface area contributed by atoms with Crippen LogP contribution in [-0.4, -0.2) is 45.7 Å². The molecule has 208 valence electrons. The third-order valence-electron chi connectivity index (χ3n) is 8.66. The molecule has 3 aliphatic rings. The van der Waals surface area contributed by atoms with E-state index in [1.807, 2.05) is 20.8 Å². The van der Waals surface area contributed by atoms with Gasteiger partial charge in [-0.1, -0.05) is 19.8 Å². The quantitative estimate of drug-likeness (QED) is 0.462. The maximum atomic E-state index is 13.2. The number of aromatic nitrogens is 1. The molecule has 1 aliphatic heterocycles. The van der Waals surface area contributed by atoms with Crippen LogP contribution in [0.15, 0.2) is 18.2 Å². The molecule has 0 saturated heterocycles. The van der Waals surface area contributed by atoms with Crippen LogP contribution in [0.25, 0.3) is 10.9 Å². The van der Waals surface area contributed by atoms with E-state index in [2.05, 4.69) is 45.2 Å². The SMILES string of the molecule is CCCn1c2c(c3cc(NC(=O)[C@H]4CC[C@H](NC(=O)OC(C)(C)C)CC4)ccc31)CN(C1CCCC1)CC2. The summed E-state index contributed by atoms with van der Waals surface area (Å²) >= 11 is 0. The Hall–Kier alpha value is -2.54. The van der Waals surface area contributed by atoms with Crippen molar-refractivity contribution < 1.29 is 14.3 Å². The standard InChI is InChI=1S/C31H46N4O3/c1-5-17-35-27-15-14-23(19-25(27)26-20-34(18-16-28(26)35)24-8-6-7-9-24)32-29(36)21-10-12-22(13-11-21)33-30(37)38-31(2,3)4/h14-15,19,21-22,24H,5-13,16-18,20H2,1-4H3,(H,32,36)(H,33,37)/t21-,22-. The van der Waals surface area contributed by atoms with E-state index in [1.54, 1.807) is 0 Å². The average Bonchev–Trinajstić information content (AvgIpc) is 3.51. The van der Waals surface area contributed by atoms with E-state index >= 15 is 0 Å². The van der Waals surface area contributed by atoms with Gasteiger partial charge in [-0.3, -0.25) is 9.69 Å². The van der Waals surface area contributed by atoms with Crippen LogP contribution in [0.1, 0.15) is 96.7 Å². The highest BCUT2D eigenvalue weighted by atomic mass is 16.6. The van der Waals surface area contributed by atoms with Gasteiger partial charge in [0, 0.05) is 66.3 Å². The molecule has 2 N–H and O–H groups in total. The van der Waals surface area contributed by atoms with E-state index in [0.717, 1.165) is 69.9 Å². The van der Waals surface area contributed by atoms with Gasteiger partial charge < -0.3 is 19.9 Å². The summed E-state index contributed by atoms with van der Waals surface area (Å²) in [5.74, 6) is 0.0633. The van der Waals surface area contributed by atoms with Gasteiger partial charge >= 0.3 is 6.09 Å². The van der Waals surface area contributed by atoms with Crippen molar-refractivity contribution in [2.75, 3.05) is 11.9 Å². The molecule has 0 spiro atoms. The van der Waals surface area contributed by atoms with Gasteiger partial charge in [-0.05, 0) is 89.5 Å². The highest BCUT2D eigenvalue weighted by molar-refractivity contribution is 5.96. The first kappa shape index (κ1) is 27.0. The number of carbonyl (C=O) groups is 2. The fourth-order valence-electron chi connectivity index (χ4n) is 6.83. The molecule has 0 atom stereocenters. The van der Waals surface area contributed by atoms with Gasteiger partial charge in [0.05, 0.1) is 0 Å². The first-order valence-corrected chi connectivity index (χ1v) is 14.9. The molecule has 7 heteroatoms. The molecule has 2 saturated carbocycles. The van der Waals surface area contributed by atoms with Gasteiger partial charge in [0.2, 0.25) is 5.91 Å². The van der Waals surface area contributed by atoms with Crippen molar-refractivity contribution in [1.29, 1.82) is 0 Å². The number of alkyl carbamates (subject to hydrolysis) is 1. The number of ether oxygens (including phenoxy) is 1. The Kier molecular flexibility index (Phi) is 8.03. The number of anilines is 1. The van der Waals surface area contributed by atoms with Crippen molar-refractivity contribution in [2.24, 2.45) is 5.92 Å². The third-order valence-corrected chi connectivity index (χ3v) is 8.66. The molecule has 2 fully saturated rings. The Bertz CT molecular complexity index is 1150. The van der Waals surface area contributed by atoms with Crippen molar-refractivity contribution in [2.45, 2.75) is 123 Å². The summed E-state index contributed by atoms with van der Waals surface area (Å²) in [7, 11) is 0. The number of hydrogen-bond acceptors (Lipinski definition) is 4. The van der Waals surface area contributed by atoms with E-state index in [0.29, 0.717) is 0 Å². The molecular weight excluding hydrogens is 476 g/mol. The Balaban J connectivity index is 1.25. The summed E-state index contributed by atoms with van der Waals surface area (Å²) in [6.45, 7) is 11.1. The van der Waals surface area contributed by atoms with Gasteiger partial charge in [-0.2, -0.15) is 0 Å². The molecule has 2 heterocycles. The molecule has 1 aromatic carbocycles. The maximum Gasteiger partial charge on any atom is 0.407 e. The normalized spacial score (nSPS) is 22.8. The number of nitrogens with one attached hydrogen (secondary N) is 2. The molecule has 1 aromatic heterocycles. The van der Waals surface area contributed by atoms with Crippen LogP contribution in [0.2, 0.25) is 0 Å². The lowest BCUT2D eigenvalue weighted by Gasteiger charge is -2.33. The van der Waals surface area contributed by atoms with E-state index in [9.17, 15) is 9.59 Å². The minimum atomic E-state index is -0.506. The number of aryl methyl sites for hydroxylation is 1. The highest BCUT2D eigenvalue weighted by Gasteiger charge is 2.31. The van der Waals surface area contributed by atoms with E-state index in [4.69, 9.17) is 4.74 Å². The lowest BCUT2D eigenvalue weighted by atomic mass is 9.85. The minimum Gasteiger partial charge on any atom is -0.444 e. The van der Waals surface area contributed by atoms with E-state index in [1.165, 1.54) is 47.8 Å². The Morgan fingerprint density at radius 1 is 1.05 bits per heavy atom. The number of nitrogens with zero attached hydrogens (tertiary/aromatic N) is 2. The zero-order valence-corrected chi connectivity index (χ0v) is 23.8. The largest absolute Gasteiger partial charge is 0.444 e. The predicted molar refractivity (Wildman–Crippen MR) is 152 cm³/mol. The van der Waals surface area contributed by atoms with Gasteiger partial charge in [0.1, 0.15) is 5.60 Å². The number of benzene rings is 1. The molecule has 2 aromatic rings. The zero-order valence-electron chi connectivity index (χ0n) is 23.8. The van der Waals surface area contributed by atoms with Crippen molar-refractivity contribution in [3.05, 3.63) is 29.5 Å². The number of hydrogen-bond donors (Lipinski definition) is 2. The topological polar surface area (TPSA) is 75.6 Å². The third kappa shape index (κ3) is 6.03. The van der Waals surface area contributed by atoms with Crippen LogP contribution in [-0.2, 0) is 29.0 Å². The first-order valence-electron chi connectivity index (χ1n) is 14.9. The lowest BCUT2D eigenvalue weighted by Crippen LogP contribution is -2.42. The monoisotopic (exact) mass is 522 g/mol. The van der Waals surface area contributed by atoms with Crippen LogP contribution in [0, 0.1) is 5.92 Å². The fourth-order valence-corrected chi connectivity index (χ4v) is 6.83. The molecular formula is C31H46N4O3. The molecule has 38 heavy (non-hydrogen) atoms. The average molecular weight is 523 g/mol. The molecule has 2 aliphatic carbocycles. The smallest absolute Gasteiger partial charge is 0.407 e. The molecule has 0 bridgehead atoms. The van der Waals surface area contributed by atoms with Crippen molar-refractivity contribution in [3.63, 3.8) is 0 Å². The van der Waals surface area contributed by atoms with Crippen LogP contribution < -0.4 is 10.6 Å². The summed E-state index contributed by atoms with van der Waals surface area (Å²) in [5, 5.41) is 7.51. The first-order chi connectivity index (χ1) is 18.2. The van der Waals surface area contributed by atoms with E-state index < -0.39 is 5.60 Å². The Labute approximate surface area is 227 Å². The van der Waals surface area contributed by atoms with Crippen LogP contribution in [0.3, 0.4) is 0 Å². The van der Waals surface area contributed by atoms with E-state index in [-0.39, 0.29) is 24.0 Å². The second-order valence-electron chi connectivity index (χ2n) is 12.7. The number of carbonyl (C=O) groups excluding carboxylic acids is 2. The van der Waals surface area contributed by atoms with Crippen LogP contribution >= 0.6 is 0 Å². The van der Waals surface area contributed by atoms with Gasteiger partial charge in [0.15, 0.2) is 0 Å². The highest BCUT2D eigenvalue weighted by Crippen LogP contribution is 2.36. The Morgan fingerprint density at radius 3 is 2.47 bits per heavy atom. The molecule has 2 amide bonds. The number of amides is 2. The molecule has 7 nitrogen and oxygen atoms in total. The second kappa shape index (κ2) is 11.3. The summed E-state index contributed by atoms with van der Waals surface area (Å²) in [5.41, 5.74) is 4.66. The molecule has 0 unspecified atom stereocenters. The minimum absolute atomic E-state index is 0.0288. The number of rotatable bonds is 6. The molecule has 0 radical (unpaired) electrons. The van der Waals surface area contributed by atoms with Gasteiger partial charge in [-0.15, -0.1) is 0 Å². The van der Waals surface area contributed by atoms with Crippen LogP contribution in [0.5, 0.6) is 0 Å². The van der Waals surface area contributed by atoms with Crippen molar-refractivity contribution in [3.8, 4) is 0 Å². The van der Waals surface area contributed by atoms with Crippen molar-refractivity contribution >= 4 is 28.6 Å². The fraction of sp³-hybridized carbons (Fsp3) is 0.677. The number of fused-ring (bicyclic) bond motifs is 3. The molecule has 5 rings (SSSR count). The Morgan fingerprint density at radius 2 is 1.79 bits per heavy atom. The zero-order chi connectivity index (χ0) is 26.9.